The van der Waals surface area contributed by atoms with E-state index in [1.807, 2.05) is 0 Å². The average Bonchev–Trinajstić information content (AvgIpc) is 2.80. The fourth-order valence-electron chi connectivity index (χ4n) is 3.75. The predicted octanol–water partition coefficient (Wildman–Crippen LogP) is 3.48. The highest BCUT2D eigenvalue weighted by Crippen LogP contribution is 2.26. The maximum atomic E-state index is 12.9. The van der Waals surface area contributed by atoms with E-state index in [1.54, 1.807) is 31.3 Å². The second-order valence-electron chi connectivity index (χ2n) is 7.85. The molecule has 8 nitrogen and oxygen atoms in total. The van der Waals surface area contributed by atoms with Crippen LogP contribution in [0, 0.1) is 0 Å². The summed E-state index contributed by atoms with van der Waals surface area (Å²) in [7, 11) is -0.529. The lowest BCUT2D eigenvalue weighted by atomic mass is 9.96. The van der Waals surface area contributed by atoms with Crippen molar-refractivity contribution in [3.8, 4) is 0 Å². The summed E-state index contributed by atoms with van der Waals surface area (Å²) >= 11 is 0. The zero-order chi connectivity index (χ0) is 23.1. The molecule has 0 radical (unpaired) electrons. The van der Waals surface area contributed by atoms with E-state index >= 15 is 0 Å². The molecule has 2 aromatic rings. The van der Waals surface area contributed by atoms with Gasteiger partial charge in [0.2, 0.25) is 15.9 Å². The van der Waals surface area contributed by atoms with Gasteiger partial charge in [-0.2, -0.15) is 4.31 Å². The van der Waals surface area contributed by atoms with Crippen molar-refractivity contribution in [3.05, 3.63) is 54.1 Å². The van der Waals surface area contributed by atoms with Crippen LogP contribution in [0.3, 0.4) is 0 Å². The zero-order valence-corrected chi connectivity index (χ0v) is 19.2. The Morgan fingerprint density at radius 3 is 2.06 bits per heavy atom. The van der Waals surface area contributed by atoms with Crippen LogP contribution >= 0.6 is 0 Å². The standard InChI is InChI=1S/C23H29N3O5S/c1-26(20-6-4-3-5-7-20)32(29,30)21-14-8-17(9-15-21)23(28)25-19-12-10-18(11-13-19)24-22(27)16-31-2/h8-15,20H,3-7,16H2,1-2H3,(H,24,27)(H,25,28). The van der Waals surface area contributed by atoms with E-state index < -0.39 is 10.0 Å². The molecule has 1 aliphatic carbocycles. The third-order valence-electron chi connectivity index (χ3n) is 5.58. The zero-order valence-electron chi connectivity index (χ0n) is 18.3. The maximum Gasteiger partial charge on any atom is 0.255 e. The summed E-state index contributed by atoms with van der Waals surface area (Å²) in [5, 5.41) is 5.43. The highest BCUT2D eigenvalue weighted by molar-refractivity contribution is 7.89. The quantitative estimate of drug-likeness (QED) is 0.629. The number of hydrogen-bond donors (Lipinski definition) is 2. The number of carbonyl (C=O) groups is 2. The molecule has 0 saturated heterocycles. The number of methoxy groups -OCH3 is 1. The van der Waals surface area contributed by atoms with Gasteiger partial charge >= 0.3 is 0 Å². The Morgan fingerprint density at radius 2 is 1.50 bits per heavy atom. The SMILES string of the molecule is COCC(=O)Nc1ccc(NC(=O)c2ccc(S(=O)(=O)N(C)C3CCCCC3)cc2)cc1. The number of ether oxygens (including phenoxy) is 1. The molecule has 9 heteroatoms. The second kappa shape index (κ2) is 10.7. The third kappa shape index (κ3) is 5.93. The lowest BCUT2D eigenvalue weighted by molar-refractivity contribution is -0.119. The molecule has 0 atom stereocenters. The number of nitrogens with zero attached hydrogens (tertiary/aromatic N) is 1. The first-order valence-electron chi connectivity index (χ1n) is 10.6. The van der Waals surface area contributed by atoms with Crippen LogP contribution in [0.2, 0.25) is 0 Å². The molecule has 32 heavy (non-hydrogen) atoms. The summed E-state index contributed by atoms with van der Waals surface area (Å²) in [6.45, 7) is -0.0410. The molecular weight excluding hydrogens is 430 g/mol. The topological polar surface area (TPSA) is 105 Å². The molecule has 0 unspecified atom stereocenters. The van der Waals surface area contributed by atoms with Crippen LogP contribution in [-0.4, -0.2) is 51.3 Å². The molecule has 1 fully saturated rings. The number of hydrogen-bond acceptors (Lipinski definition) is 5. The van der Waals surface area contributed by atoms with Crippen molar-refractivity contribution in [3.63, 3.8) is 0 Å². The Kier molecular flexibility index (Phi) is 8.00. The van der Waals surface area contributed by atoms with Crippen molar-refractivity contribution in [1.82, 2.24) is 4.31 Å². The number of nitrogens with one attached hydrogen (secondary N) is 2. The molecule has 172 valence electrons. The molecule has 0 bridgehead atoms. The van der Waals surface area contributed by atoms with Gasteiger partial charge in [0.25, 0.3) is 5.91 Å². The minimum absolute atomic E-state index is 0.0268. The largest absolute Gasteiger partial charge is 0.375 e. The molecular formula is C23H29N3O5S. The molecule has 1 aliphatic rings. The van der Waals surface area contributed by atoms with Gasteiger partial charge in [-0.15, -0.1) is 0 Å². The average molecular weight is 460 g/mol. The third-order valence-corrected chi connectivity index (χ3v) is 7.51. The van der Waals surface area contributed by atoms with Gasteiger partial charge in [0.15, 0.2) is 0 Å². The van der Waals surface area contributed by atoms with E-state index in [-0.39, 0.29) is 29.4 Å². The summed E-state index contributed by atoms with van der Waals surface area (Å²) < 4.78 is 32.1. The van der Waals surface area contributed by atoms with Gasteiger partial charge in [-0.3, -0.25) is 9.59 Å². The smallest absolute Gasteiger partial charge is 0.255 e. The van der Waals surface area contributed by atoms with Crippen LogP contribution in [0.4, 0.5) is 11.4 Å². The van der Waals surface area contributed by atoms with Crippen LogP contribution in [0.1, 0.15) is 42.5 Å². The lowest BCUT2D eigenvalue weighted by Gasteiger charge is -2.30. The Hall–Kier alpha value is -2.75. The number of carbonyl (C=O) groups excluding carboxylic acids is 2. The number of benzene rings is 2. The van der Waals surface area contributed by atoms with Crippen LogP contribution in [0.15, 0.2) is 53.4 Å². The Morgan fingerprint density at radius 1 is 0.938 bits per heavy atom. The van der Waals surface area contributed by atoms with Crippen LogP contribution < -0.4 is 10.6 Å². The van der Waals surface area contributed by atoms with Gasteiger partial charge in [0, 0.05) is 37.1 Å². The van der Waals surface area contributed by atoms with Crippen molar-refractivity contribution < 1.29 is 22.7 Å². The summed E-state index contributed by atoms with van der Waals surface area (Å²) in [4.78, 5) is 24.3. The van der Waals surface area contributed by atoms with Crippen molar-refractivity contribution in [2.75, 3.05) is 31.4 Å². The van der Waals surface area contributed by atoms with E-state index in [0.29, 0.717) is 16.9 Å². The van der Waals surface area contributed by atoms with Crippen molar-refractivity contribution >= 4 is 33.2 Å². The van der Waals surface area contributed by atoms with Crippen molar-refractivity contribution in [2.24, 2.45) is 0 Å². The number of amides is 2. The highest BCUT2D eigenvalue weighted by Gasteiger charge is 2.29. The molecule has 3 rings (SSSR count). The summed E-state index contributed by atoms with van der Waals surface area (Å²) in [5.41, 5.74) is 1.48. The van der Waals surface area contributed by atoms with Crippen LogP contribution in [0.5, 0.6) is 0 Å². The van der Waals surface area contributed by atoms with Gasteiger partial charge in [-0.05, 0) is 61.4 Å². The minimum Gasteiger partial charge on any atom is -0.375 e. The van der Waals surface area contributed by atoms with E-state index in [0.717, 1.165) is 32.1 Å². The van der Waals surface area contributed by atoms with Gasteiger partial charge in [0.05, 0.1) is 4.90 Å². The molecule has 2 amide bonds. The summed E-state index contributed by atoms with van der Waals surface area (Å²) in [6.07, 6.45) is 5.00. The van der Waals surface area contributed by atoms with E-state index in [4.69, 9.17) is 4.74 Å². The van der Waals surface area contributed by atoms with Gasteiger partial charge < -0.3 is 15.4 Å². The van der Waals surface area contributed by atoms with E-state index in [2.05, 4.69) is 10.6 Å². The first-order valence-corrected chi connectivity index (χ1v) is 12.0. The lowest BCUT2D eigenvalue weighted by Crippen LogP contribution is -2.38. The molecule has 2 N–H and O–H groups in total. The number of sulfonamides is 1. The number of anilines is 2. The fourth-order valence-corrected chi connectivity index (χ4v) is 5.17. The molecule has 0 aromatic heterocycles. The molecule has 0 heterocycles. The van der Waals surface area contributed by atoms with Crippen LogP contribution in [-0.2, 0) is 19.6 Å². The highest BCUT2D eigenvalue weighted by atomic mass is 32.2. The maximum absolute atomic E-state index is 12.9. The van der Waals surface area contributed by atoms with Gasteiger partial charge in [-0.25, -0.2) is 8.42 Å². The van der Waals surface area contributed by atoms with Gasteiger partial charge in [0.1, 0.15) is 6.61 Å². The Labute approximate surface area is 189 Å². The predicted molar refractivity (Wildman–Crippen MR) is 123 cm³/mol. The van der Waals surface area contributed by atoms with E-state index in [9.17, 15) is 18.0 Å². The van der Waals surface area contributed by atoms with Gasteiger partial charge in [-0.1, -0.05) is 19.3 Å². The Bertz CT molecular complexity index is 1030. The Balaban J connectivity index is 1.63. The monoisotopic (exact) mass is 459 g/mol. The first-order chi connectivity index (χ1) is 15.3. The molecule has 0 spiro atoms. The summed E-state index contributed by atoms with van der Waals surface area (Å²) in [6, 6.07) is 12.7. The molecule has 1 saturated carbocycles. The second-order valence-corrected chi connectivity index (χ2v) is 9.85. The molecule has 0 aliphatic heterocycles. The van der Waals surface area contributed by atoms with E-state index in [1.165, 1.54) is 35.7 Å². The van der Waals surface area contributed by atoms with Crippen molar-refractivity contribution in [2.45, 2.75) is 43.0 Å². The van der Waals surface area contributed by atoms with Crippen LogP contribution in [0.25, 0.3) is 0 Å². The first kappa shape index (κ1) is 23.9. The molecule has 2 aromatic carbocycles. The fraction of sp³-hybridized carbons (Fsp3) is 0.391. The summed E-state index contributed by atoms with van der Waals surface area (Å²) in [5.74, 6) is -0.626. The number of rotatable bonds is 8. The minimum atomic E-state index is -3.60. The normalized spacial score (nSPS) is 14.8. The van der Waals surface area contributed by atoms with Crippen molar-refractivity contribution in [1.29, 1.82) is 0 Å².